The smallest absolute Gasteiger partial charge is 0.164 e. The van der Waals surface area contributed by atoms with Crippen molar-refractivity contribution >= 4 is 21.5 Å². The second kappa shape index (κ2) is 11.9. The number of benzene rings is 8. The summed E-state index contributed by atoms with van der Waals surface area (Å²) in [5.41, 5.74) is 9.65. The van der Waals surface area contributed by atoms with E-state index < -0.39 is 0 Å². The minimum absolute atomic E-state index is 0.632. The van der Waals surface area contributed by atoms with Crippen LogP contribution in [0.2, 0.25) is 0 Å². The third-order valence-corrected chi connectivity index (χ3v) is 9.75. The maximum atomic E-state index is 6.53. The fourth-order valence-electron chi connectivity index (χ4n) is 7.26. The van der Waals surface area contributed by atoms with Crippen LogP contribution in [0.25, 0.3) is 89.1 Å². The lowest BCUT2D eigenvalue weighted by molar-refractivity contribution is 0.487. The van der Waals surface area contributed by atoms with Gasteiger partial charge in [-0.05, 0) is 68.2 Å². The highest BCUT2D eigenvalue weighted by atomic mass is 16.5. The molecule has 9 aromatic rings. The topological polar surface area (TPSA) is 47.9 Å². The molecule has 10 rings (SSSR count). The molecule has 0 unspecified atom stereocenters. The van der Waals surface area contributed by atoms with Crippen LogP contribution in [0.4, 0.5) is 0 Å². The predicted octanol–water partition coefficient (Wildman–Crippen LogP) is 12.3. The Kier molecular flexibility index (Phi) is 6.78. The van der Waals surface area contributed by atoms with Crippen molar-refractivity contribution in [2.75, 3.05) is 0 Å². The highest BCUT2D eigenvalue weighted by Crippen LogP contribution is 2.48. The Bertz CT molecular complexity index is 2750. The van der Waals surface area contributed by atoms with Gasteiger partial charge in [0.1, 0.15) is 11.5 Å². The van der Waals surface area contributed by atoms with E-state index in [-0.39, 0.29) is 0 Å². The molecular weight excluding hydrogens is 623 g/mol. The van der Waals surface area contributed by atoms with Gasteiger partial charge in [-0.25, -0.2) is 15.0 Å². The van der Waals surface area contributed by atoms with Gasteiger partial charge >= 0.3 is 0 Å². The van der Waals surface area contributed by atoms with Crippen LogP contribution in [0.3, 0.4) is 0 Å². The Morgan fingerprint density at radius 2 is 0.843 bits per heavy atom. The summed E-state index contributed by atoms with van der Waals surface area (Å²) in [6.07, 6.45) is 0. The molecule has 1 aromatic heterocycles. The second-order valence-corrected chi connectivity index (χ2v) is 12.8. The first-order valence-corrected chi connectivity index (χ1v) is 17.1. The SMILES string of the molecule is c1ccc(-c2ccc(-c3nc(-c4ccccc4)nc(-c4ccc(-c5ccc6c(c5)Oc5cccc7cccc-6c57)c5ccccc45)n3)cc2)cc1. The monoisotopic (exact) mass is 651 g/mol. The van der Waals surface area contributed by atoms with E-state index in [1.807, 2.05) is 36.4 Å². The number of ether oxygens (including phenoxy) is 1. The van der Waals surface area contributed by atoms with Crippen molar-refractivity contribution in [1.29, 1.82) is 0 Å². The molecule has 0 aliphatic carbocycles. The zero-order valence-corrected chi connectivity index (χ0v) is 27.5. The summed E-state index contributed by atoms with van der Waals surface area (Å²) in [5.74, 6) is 3.65. The number of rotatable bonds is 5. The Morgan fingerprint density at radius 3 is 1.59 bits per heavy atom. The van der Waals surface area contributed by atoms with Crippen LogP contribution in [0.1, 0.15) is 0 Å². The minimum Gasteiger partial charge on any atom is -0.456 e. The Hall–Kier alpha value is -6.91. The highest BCUT2D eigenvalue weighted by Gasteiger charge is 2.21. The molecule has 2 heterocycles. The van der Waals surface area contributed by atoms with E-state index in [9.17, 15) is 0 Å². The molecule has 0 atom stereocenters. The lowest BCUT2D eigenvalue weighted by Gasteiger charge is -2.22. The van der Waals surface area contributed by atoms with Crippen molar-refractivity contribution in [3.8, 4) is 79.0 Å². The van der Waals surface area contributed by atoms with E-state index in [2.05, 4.69) is 140 Å². The fraction of sp³-hybridized carbons (Fsp3) is 0. The summed E-state index contributed by atoms with van der Waals surface area (Å²) < 4.78 is 6.53. The van der Waals surface area contributed by atoms with Crippen LogP contribution in [-0.4, -0.2) is 15.0 Å². The Balaban J connectivity index is 1.09. The summed E-state index contributed by atoms with van der Waals surface area (Å²) in [6.45, 7) is 0. The average molecular weight is 652 g/mol. The molecule has 0 fully saturated rings. The first-order chi connectivity index (χ1) is 25.3. The molecule has 51 heavy (non-hydrogen) atoms. The van der Waals surface area contributed by atoms with Crippen molar-refractivity contribution in [1.82, 2.24) is 15.0 Å². The Morgan fingerprint density at radius 1 is 0.314 bits per heavy atom. The molecular formula is C47H29N3O. The van der Waals surface area contributed by atoms with Gasteiger partial charge in [0, 0.05) is 27.6 Å². The first-order valence-electron chi connectivity index (χ1n) is 17.1. The molecule has 4 heteroatoms. The van der Waals surface area contributed by atoms with Crippen molar-refractivity contribution in [3.05, 3.63) is 176 Å². The largest absolute Gasteiger partial charge is 0.456 e. The molecule has 1 aliphatic rings. The summed E-state index contributed by atoms with van der Waals surface area (Å²) >= 11 is 0. The standard InChI is InChI=1S/C47H29N3O/c1-3-11-30(12-4-1)31-21-23-34(24-22-31)46-48-45(33-13-5-2-6-14-33)49-47(50-46)41-28-27-36(37-17-7-8-18-38(37)41)35-25-26-39-40-19-9-15-32-16-10-20-42(44(32)40)51-43(39)29-35/h1-29H. The van der Waals surface area contributed by atoms with E-state index in [1.54, 1.807) is 0 Å². The van der Waals surface area contributed by atoms with Crippen LogP contribution in [0, 0.1) is 0 Å². The molecule has 8 aromatic carbocycles. The van der Waals surface area contributed by atoms with Gasteiger partial charge in [0.25, 0.3) is 0 Å². The van der Waals surface area contributed by atoms with Gasteiger partial charge < -0.3 is 4.74 Å². The molecule has 0 N–H and O–H groups in total. The first kappa shape index (κ1) is 29.0. The van der Waals surface area contributed by atoms with Gasteiger partial charge in [-0.2, -0.15) is 0 Å². The zero-order chi connectivity index (χ0) is 33.7. The molecule has 0 saturated heterocycles. The molecule has 0 bridgehead atoms. The fourth-order valence-corrected chi connectivity index (χ4v) is 7.26. The van der Waals surface area contributed by atoms with Gasteiger partial charge in [-0.15, -0.1) is 0 Å². The van der Waals surface area contributed by atoms with Crippen molar-refractivity contribution in [2.24, 2.45) is 0 Å². The quantitative estimate of drug-likeness (QED) is 0.186. The summed E-state index contributed by atoms with van der Waals surface area (Å²) in [7, 11) is 0. The van der Waals surface area contributed by atoms with Crippen LogP contribution in [0.5, 0.6) is 11.5 Å². The van der Waals surface area contributed by atoms with Crippen molar-refractivity contribution in [2.45, 2.75) is 0 Å². The van der Waals surface area contributed by atoms with E-state index in [1.165, 1.54) is 16.5 Å². The zero-order valence-electron chi connectivity index (χ0n) is 27.5. The summed E-state index contributed by atoms with van der Waals surface area (Å²) in [6, 6.07) is 61.0. The molecule has 4 nitrogen and oxygen atoms in total. The van der Waals surface area contributed by atoms with Crippen LogP contribution in [-0.2, 0) is 0 Å². The highest BCUT2D eigenvalue weighted by molar-refractivity contribution is 6.07. The van der Waals surface area contributed by atoms with Gasteiger partial charge in [0.05, 0.1) is 0 Å². The normalized spacial score (nSPS) is 11.7. The van der Waals surface area contributed by atoms with Crippen molar-refractivity contribution < 1.29 is 4.74 Å². The van der Waals surface area contributed by atoms with Crippen LogP contribution < -0.4 is 4.74 Å². The number of hydrogen-bond donors (Lipinski definition) is 0. The van der Waals surface area contributed by atoms with Gasteiger partial charge in [0.15, 0.2) is 17.5 Å². The molecule has 0 radical (unpaired) electrons. The van der Waals surface area contributed by atoms with Crippen LogP contribution >= 0.6 is 0 Å². The minimum atomic E-state index is 0.632. The maximum Gasteiger partial charge on any atom is 0.164 e. The number of hydrogen-bond acceptors (Lipinski definition) is 4. The number of aromatic nitrogens is 3. The lowest BCUT2D eigenvalue weighted by atomic mass is 9.91. The summed E-state index contributed by atoms with van der Waals surface area (Å²) in [5, 5.41) is 4.53. The number of fused-ring (bicyclic) bond motifs is 3. The molecule has 0 amide bonds. The van der Waals surface area contributed by atoms with E-state index in [0.29, 0.717) is 17.5 Å². The van der Waals surface area contributed by atoms with Crippen LogP contribution in [0.15, 0.2) is 176 Å². The van der Waals surface area contributed by atoms with E-state index >= 15 is 0 Å². The third-order valence-electron chi connectivity index (χ3n) is 9.75. The van der Waals surface area contributed by atoms with Crippen molar-refractivity contribution in [3.63, 3.8) is 0 Å². The second-order valence-electron chi connectivity index (χ2n) is 12.8. The van der Waals surface area contributed by atoms with Gasteiger partial charge in [0.2, 0.25) is 0 Å². The maximum absolute atomic E-state index is 6.53. The molecule has 238 valence electrons. The summed E-state index contributed by atoms with van der Waals surface area (Å²) in [4.78, 5) is 15.2. The Labute approximate surface area is 295 Å². The van der Waals surface area contributed by atoms with Gasteiger partial charge in [-0.1, -0.05) is 152 Å². The van der Waals surface area contributed by atoms with Gasteiger partial charge in [-0.3, -0.25) is 0 Å². The lowest BCUT2D eigenvalue weighted by Crippen LogP contribution is -2.01. The number of nitrogens with zero attached hydrogens (tertiary/aromatic N) is 3. The van der Waals surface area contributed by atoms with E-state index in [0.717, 1.165) is 66.6 Å². The third kappa shape index (κ3) is 5.04. The van der Waals surface area contributed by atoms with E-state index in [4.69, 9.17) is 19.7 Å². The predicted molar refractivity (Wildman–Crippen MR) is 208 cm³/mol. The molecule has 1 aliphatic heterocycles. The molecule has 0 saturated carbocycles. The molecule has 0 spiro atoms. The average Bonchev–Trinajstić information content (AvgIpc) is 3.21.